The van der Waals surface area contributed by atoms with Crippen LogP contribution in [0.3, 0.4) is 0 Å². The number of carbonyl (C=O) groups excluding carboxylic acids is 2. The minimum absolute atomic E-state index is 0.102. The molecule has 2 aromatic carbocycles. The highest BCUT2D eigenvalue weighted by Crippen LogP contribution is 2.39. The fraction of sp³-hybridized carbons (Fsp3) is 0.227. The topological polar surface area (TPSA) is 89.9 Å². The van der Waals surface area contributed by atoms with Crippen molar-refractivity contribution >= 4 is 17.9 Å². The van der Waals surface area contributed by atoms with Crippen LogP contribution in [0.2, 0.25) is 0 Å². The van der Waals surface area contributed by atoms with Crippen LogP contribution in [-0.2, 0) is 20.7 Å². The Morgan fingerprint density at radius 3 is 2.46 bits per heavy atom. The summed E-state index contributed by atoms with van der Waals surface area (Å²) in [6.45, 7) is 5.29. The molecule has 1 saturated heterocycles. The van der Waals surface area contributed by atoms with E-state index in [0.717, 1.165) is 0 Å². The number of benzene rings is 2. The van der Waals surface area contributed by atoms with E-state index in [0.29, 0.717) is 11.1 Å². The molecule has 1 fully saturated rings. The van der Waals surface area contributed by atoms with E-state index in [-0.39, 0.29) is 12.0 Å². The van der Waals surface area contributed by atoms with E-state index in [1.54, 1.807) is 55.5 Å². The van der Waals surface area contributed by atoms with Gasteiger partial charge in [-0.15, -0.1) is 6.58 Å². The molecule has 2 aromatic rings. The van der Waals surface area contributed by atoms with Gasteiger partial charge in [0.1, 0.15) is 11.5 Å². The lowest BCUT2D eigenvalue weighted by Crippen LogP contribution is -2.40. The Balaban J connectivity index is 1.91. The van der Waals surface area contributed by atoms with Crippen LogP contribution in [0.5, 0.6) is 0 Å². The molecule has 0 amide bonds. The first-order valence-corrected chi connectivity index (χ1v) is 8.78. The molecule has 0 bridgehead atoms. The van der Waals surface area contributed by atoms with Crippen LogP contribution in [0.4, 0.5) is 0 Å². The molecule has 1 N–H and O–H groups in total. The fourth-order valence-corrected chi connectivity index (χ4v) is 3.26. The van der Waals surface area contributed by atoms with Crippen molar-refractivity contribution in [3.05, 3.63) is 83.9 Å². The SMILES string of the molecule is C=C[C@@]1(C)C(=O)O[C@H](Cc2ccccc2C(=O)O)[C@H]1OC(=O)c1ccccc1. The summed E-state index contributed by atoms with van der Waals surface area (Å²) >= 11 is 0. The van der Waals surface area contributed by atoms with Crippen LogP contribution in [0.25, 0.3) is 0 Å². The Morgan fingerprint density at radius 2 is 1.82 bits per heavy atom. The van der Waals surface area contributed by atoms with Gasteiger partial charge >= 0.3 is 17.9 Å². The summed E-state index contributed by atoms with van der Waals surface area (Å²) in [4.78, 5) is 36.5. The first-order chi connectivity index (χ1) is 13.4. The second-order valence-electron chi connectivity index (χ2n) is 6.79. The van der Waals surface area contributed by atoms with Crippen LogP contribution < -0.4 is 0 Å². The van der Waals surface area contributed by atoms with Gasteiger partial charge in [0.05, 0.1) is 11.1 Å². The van der Waals surface area contributed by atoms with E-state index in [1.807, 2.05) is 0 Å². The predicted molar refractivity (Wildman–Crippen MR) is 101 cm³/mol. The number of ether oxygens (including phenoxy) is 2. The largest absolute Gasteiger partial charge is 0.478 e. The summed E-state index contributed by atoms with van der Waals surface area (Å²) < 4.78 is 11.1. The van der Waals surface area contributed by atoms with E-state index in [4.69, 9.17) is 9.47 Å². The van der Waals surface area contributed by atoms with E-state index >= 15 is 0 Å². The van der Waals surface area contributed by atoms with E-state index in [2.05, 4.69) is 6.58 Å². The molecule has 0 aromatic heterocycles. The van der Waals surface area contributed by atoms with E-state index < -0.39 is 35.5 Å². The molecular weight excluding hydrogens is 360 g/mol. The highest BCUT2D eigenvalue weighted by atomic mass is 16.6. The molecule has 1 aliphatic rings. The molecule has 3 rings (SSSR count). The van der Waals surface area contributed by atoms with Crippen molar-refractivity contribution in [1.29, 1.82) is 0 Å². The number of carboxylic acids is 1. The van der Waals surface area contributed by atoms with Crippen LogP contribution in [-0.4, -0.2) is 35.2 Å². The van der Waals surface area contributed by atoms with Gasteiger partial charge in [-0.2, -0.15) is 0 Å². The molecule has 144 valence electrons. The van der Waals surface area contributed by atoms with Crippen LogP contribution in [0.1, 0.15) is 33.2 Å². The minimum atomic E-state index is -1.23. The average Bonchev–Trinajstić information content (AvgIpc) is 2.93. The number of carboxylic acid groups (broad SMARTS) is 1. The van der Waals surface area contributed by atoms with Gasteiger partial charge in [0.2, 0.25) is 0 Å². The van der Waals surface area contributed by atoms with Crippen molar-refractivity contribution in [2.24, 2.45) is 5.41 Å². The average molecular weight is 380 g/mol. The molecule has 28 heavy (non-hydrogen) atoms. The van der Waals surface area contributed by atoms with Crippen LogP contribution in [0, 0.1) is 5.41 Å². The van der Waals surface area contributed by atoms with E-state index in [9.17, 15) is 19.5 Å². The van der Waals surface area contributed by atoms with Gasteiger partial charge in [-0.25, -0.2) is 9.59 Å². The van der Waals surface area contributed by atoms with Gasteiger partial charge in [0.25, 0.3) is 0 Å². The number of carbonyl (C=O) groups is 3. The molecule has 1 heterocycles. The standard InChI is InChI=1S/C22H20O6/c1-3-22(2)18(28-20(25)14-9-5-4-6-10-14)17(27-21(22)26)13-15-11-7-8-12-16(15)19(23)24/h3-12,17-18H,1,13H2,2H3,(H,23,24)/t17-,18-,22-/m1/s1. The number of hydrogen-bond donors (Lipinski definition) is 1. The maximum Gasteiger partial charge on any atom is 0.338 e. The molecule has 6 nitrogen and oxygen atoms in total. The molecule has 0 radical (unpaired) electrons. The van der Waals surface area contributed by atoms with Gasteiger partial charge in [-0.05, 0) is 30.7 Å². The van der Waals surface area contributed by atoms with E-state index in [1.165, 1.54) is 12.1 Å². The monoisotopic (exact) mass is 380 g/mol. The summed E-state index contributed by atoms with van der Waals surface area (Å²) in [6.07, 6.45) is -0.262. The van der Waals surface area contributed by atoms with Crippen LogP contribution in [0.15, 0.2) is 67.3 Å². The van der Waals surface area contributed by atoms with Crippen molar-refractivity contribution in [2.75, 3.05) is 0 Å². The smallest absolute Gasteiger partial charge is 0.338 e. The molecule has 3 atom stereocenters. The fourth-order valence-electron chi connectivity index (χ4n) is 3.26. The zero-order valence-electron chi connectivity index (χ0n) is 15.3. The Morgan fingerprint density at radius 1 is 1.18 bits per heavy atom. The second-order valence-corrected chi connectivity index (χ2v) is 6.79. The molecule has 0 aliphatic carbocycles. The lowest BCUT2D eigenvalue weighted by atomic mass is 9.82. The number of cyclic esters (lactones) is 1. The van der Waals surface area contributed by atoms with Crippen LogP contribution >= 0.6 is 0 Å². The molecule has 6 heteroatoms. The van der Waals surface area contributed by atoms with Crippen molar-refractivity contribution < 1.29 is 29.0 Å². The van der Waals surface area contributed by atoms with Crippen molar-refractivity contribution in [3.63, 3.8) is 0 Å². The predicted octanol–water partition coefficient (Wildman–Crippen LogP) is 3.27. The quantitative estimate of drug-likeness (QED) is 0.611. The van der Waals surface area contributed by atoms with Gasteiger partial charge < -0.3 is 14.6 Å². The maximum absolute atomic E-state index is 12.6. The highest BCUT2D eigenvalue weighted by Gasteiger charge is 2.55. The summed E-state index contributed by atoms with van der Waals surface area (Å²) in [5.41, 5.74) is -0.286. The number of aromatic carboxylic acids is 1. The molecule has 0 saturated carbocycles. The first-order valence-electron chi connectivity index (χ1n) is 8.78. The number of rotatable bonds is 6. The zero-order valence-corrected chi connectivity index (χ0v) is 15.3. The third-order valence-electron chi connectivity index (χ3n) is 4.96. The normalized spacial score (nSPS) is 23.7. The lowest BCUT2D eigenvalue weighted by molar-refractivity contribution is -0.146. The zero-order chi connectivity index (χ0) is 20.3. The third kappa shape index (κ3) is 3.53. The highest BCUT2D eigenvalue weighted by molar-refractivity contribution is 5.91. The molecule has 0 unspecified atom stereocenters. The number of esters is 2. The Bertz CT molecular complexity index is 920. The Labute approximate surface area is 162 Å². The van der Waals surface area contributed by atoms with Gasteiger partial charge in [-0.3, -0.25) is 4.79 Å². The van der Waals surface area contributed by atoms with Crippen molar-refractivity contribution in [3.8, 4) is 0 Å². The van der Waals surface area contributed by atoms with Gasteiger partial charge in [0.15, 0.2) is 6.10 Å². The summed E-state index contributed by atoms with van der Waals surface area (Å²) in [5.74, 6) is -2.23. The number of hydrogen-bond acceptors (Lipinski definition) is 5. The summed E-state index contributed by atoms with van der Waals surface area (Å²) in [7, 11) is 0. The summed E-state index contributed by atoms with van der Waals surface area (Å²) in [5, 5.41) is 9.39. The first kappa shape index (κ1) is 19.4. The van der Waals surface area contributed by atoms with Gasteiger partial charge in [0, 0.05) is 6.42 Å². The maximum atomic E-state index is 12.6. The summed E-state index contributed by atoms with van der Waals surface area (Å²) in [6, 6.07) is 14.9. The second kappa shape index (κ2) is 7.68. The minimum Gasteiger partial charge on any atom is -0.478 e. The van der Waals surface area contributed by atoms with Gasteiger partial charge in [-0.1, -0.05) is 42.5 Å². The Kier molecular flexibility index (Phi) is 5.31. The lowest BCUT2D eigenvalue weighted by Gasteiger charge is -2.26. The van der Waals surface area contributed by atoms with Crippen molar-refractivity contribution in [1.82, 2.24) is 0 Å². The Hall–Kier alpha value is -3.41. The molecule has 0 spiro atoms. The van der Waals surface area contributed by atoms with Crippen molar-refractivity contribution in [2.45, 2.75) is 25.6 Å². The molecule has 1 aliphatic heterocycles. The third-order valence-corrected chi connectivity index (χ3v) is 4.96. The molecular formula is C22H20O6.